The van der Waals surface area contributed by atoms with Crippen molar-refractivity contribution in [3.63, 3.8) is 0 Å². The number of aromatic amines is 1. The molecule has 6 heteroatoms. The van der Waals surface area contributed by atoms with Crippen molar-refractivity contribution in [1.29, 1.82) is 0 Å². The average molecular weight is 394 g/mol. The van der Waals surface area contributed by atoms with E-state index >= 15 is 0 Å². The molecule has 3 heterocycles. The van der Waals surface area contributed by atoms with Crippen LogP contribution >= 0.6 is 0 Å². The van der Waals surface area contributed by atoms with Crippen molar-refractivity contribution in [2.75, 3.05) is 12.4 Å². The zero-order valence-corrected chi connectivity index (χ0v) is 16.2. The topological polar surface area (TPSA) is 79.9 Å². The van der Waals surface area contributed by atoms with E-state index in [2.05, 4.69) is 20.5 Å². The number of H-pyrrole nitrogens is 1. The van der Waals surface area contributed by atoms with Gasteiger partial charge in [0.25, 0.3) is 5.91 Å². The summed E-state index contributed by atoms with van der Waals surface area (Å²) in [4.78, 5) is 16.6. The standard InChI is InChI=1S/C24H18N4O2/c1-30-17-6-9-21-19(13-17)20(24(29)26-21)11-16-4-7-18-22(27-28-23(18)12-16)8-5-15-3-2-10-25-14-15/h2-14H,1H3,(H,26,29)(H,27,28). The summed E-state index contributed by atoms with van der Waals surface area (Å²) in [6.07, 6.45) is 9.37. The van der Waals surface area contributed by atoms with Gasteiger partial charge in [0.15, 0.2) is 0 Å². The Balaban J connectivity index is 1.49. The molecule has 0 unspecified atom stereocenters. The Morgan fingerprint density at radius 1 is 1.03 bits per heavy atom. The zero-order valence-electron chi connectivity index (χ0n) is 16.2. The quantitative estimate of drug-likeness (QED) is 0.495. The van der Waals surface area contributed by atoms with E-state index in [0.717, 1.165) is 39.0 Å². The van der Waals surface area contributed by atoms with Crippen molar-refractivity contribution >= 4 is 46.3 Å². The number of rotatable bonds is 4. The fourth-order valence-electron chi connectivity index (χ4n) is 3.53. The van der Waals surface area contributed by atoms with E-state index in [1.54, 1.807) is 19.5 Å². The summed E-state index contributed by atoms with van der Waals surface area (Å²) in [5.41, 5.74) is 5.91. The van der Waals surface area contributed by atoms with Crippen molar-refractivity contribution in [2.24, 2.45) is 0 Å². The van der Waals surface area contributed by atoms with E-state index < -0.39 is 0 Å². The van der Waals surface area contributed by atoms with Gasteiger partial charge in [0.05, 0.1) is 18.3 Å². The molecule has 6 nitrogen and oxygen atoms in total. The number of amides is 1. The number of anilines is 1. The van der Waals surface area contributed by atoms with Gasteiger partial charge in [-0.3, -0.25) is 14.9 Å². The van der Waals surface area contributed by atoms with Gasteiger partial charge in [0, 0.05) is 34.6 Å². The van der Waals surface area contributed by atoms with Gasteiger partial charge in [0.1, 0.15) is 5.75 Å². The molecule has 5 rings (SSSR count). The van der Waals surface area contributed by atoms with Crippen LogP contribution in [0.1, 0.15) is 22.4 Å². The highest BCUT2D eigenvalue weighted by molar-refractivity contribution is 6.35. The molecule has 146 valence electrons. The van der Waals surface area contributed by atoms with E-state index in [-0.39, 0.29) is 5.91 Å². The van der Waals surface area contributed by atoms with Gasteiger partial charge < -0.3 is 10.1 Å². The second-order valence-electron chi connectivity index (χ2n) is 6.96. The molecule has 0 saturated heterocycles. The molecule has 0 bridgehead atoms. The Kier molecular flexibility index (Phi) is 4.37. The molecule has 0 atom stereocenters. The normalized spacial score (nSPS) is 14.4. The monoisotopic (exact) mass is 394 g/mol. The molecule has 0 fully saturated rings. The first-order valence-electron chi connectivity index (χ1n) is 9.49. The Labute approximate surface area is 172 Å². The number of hydrogen-bond acceptors (Lipinski definition) is 4. The number of methoxy groups -OCH3 is 1. The summed E-state index contributed by atoms with van der Waals surface area (Å²) in [5, 5.41) is 11.4. The highest BCUT2D eigenvalue weighted by atomic mass is 16.5. The van der Waals surface area contributed by atoms with Gasteiger partial charge in [-0.05, 0) is 59.7 Å². The van der Waals surface area contributed by atoms with Crippen molar-refractivity contribution in [2.45, 2.75) is 0 Å². The van der Waals surface area contributed by atoms with Crippen LogP contribution in [0.4, 0.5) is 5.69 Å². The Morgan fingerprint density at radius 2 is 1.97 bits per heavy atom. The zero-order chi connectivity index (χ0) is 20.5. The summed E-state index contributed by atoms with van der Waals surface area (Å²) in [5.74, 6) is 0.591. The average Bonchev–Trinajstić information content (AvgIpc) is 3.32. The van der Waals surface area contributed by atoms with Gasteiger partial charge in [-0.2, -0.15) is 5.10 Å². The Hall–Kier alpha value is -4.19. The highest BCUT2D eigenvalue weighted by Gasteiger charge is 2.24. The molecule has 2 aromatic heterocycles. The molecule has 4 aromatic rings. The number of fused-ring (bicyclic) bond motifs is 2. The SMILES string of the molecule is COc1ccc2c(c1)C(=Cc1ccc3c(C=Cc4cccnc4)n[nH]c3c1)C(=O)N2. The van der Waals surface area contributed by atoms with Gasteiger partial charge in [-0.1, -0.05) is 18.2 Å². The predicted molar refractivity (Wildman–Crippen MR) is 119 cm³/mol. The summed E-state index contributed by atoms with van der Waals surface area (Å²) >= 11 is 0. The van der Waals surface area contributed by atoms with Crippen molar-refractivity contribution in [3.05, 3.63) is 83.3 Å². The van der Waals surface area contributed by atoms with Gasteiger partial charge >= 0.3 is 0 Å². The molecule has 0 saturated carbocycles. The summed E-state index contributed by atoms with van der Waals surface area (Å²) in [6.45, 7) is 0. The number of nitrogens with zero attached hydrogens (tertiary/aromatic N) is 2. The van der Waals surface area contributed by atoms with Gasteiger partial charge in [-0.25, -0.2) is 0 Å². The number of aromatic nitrogens is 3. The lowest BCUT2D eigenvalue weighted by atomic mass is 10.0. The first-order chi connectivity index (χ1) is 14.7. The van der Waals surface area contributed by atoms with E-state index in [4.69, 9.17) is 4.74 Å². The molecule has 1 aliphatic heterocycles. The van der Waals surface area contributed by atoms with Crippen LogP contribution in [0.25, 0.3) is 34.7 Å². The largest absolute Gasteiger partial charge is 0.497 e. The molecule has 2 N–H and O–H groups in total. The number of pyridine rings is 1. The van der Waals surface area contributed by atoms with E-state index in [1.165, 1.54) is 0 Å². The molecule has 1 amide bonds. The minimum atomic E-state index is -0.122. The molecule has 0 spiro atoms. The number of benzene rings is 2. The second-order valence-corrected chi connectivity index (χ2v) is 6.96. The van der Waals surface area contributed by atoms with E-state index in [0.29, 0.717) is 11.3 Å². The molecular formula is C24H18N4O2. The first kappa shape index (κ1) is 17.9. The smallest absolute Gasteiger partial charge is 0.256 e. The lowest BCUT2D eigenvalue weighted by Gasteiger charge is -2.03. The van der Waals surface area contributed by atoms with Crippen LogP contribution in [-0.4, -0.2) is 28.2 Å². The lowest BCUT2D eigenvalue weighted by Crippen LogP contribution is -2.03. The fourth-order valence-corrected chi connectivity index (χ4v) is 3.53. The fraction of sp³-hybridized carbons (Fsp3) is 0.0417. The molecule has 2 aromatic carbocycles. The number of nitrogens with one attached hydrogen (secondary N) is 2. The molecular weight excluding hydrogens is 376 g/mol. The van der Waals surface area contributed by atoms with Gasteiger partial charge in [-0.15, -0.1) is 0 Å². The Morgan fingerprint density at radius 3 is 2.80 bits per heavy atom. The molecule has 1 aliphatic rings. The molecule has 30 heavy (non-hydrogen) atoms. The first-order valence-corrected chi connectivity index (χ1v) is 9.49. The summed E-state index contributed by atoms with van der Waals surface area (Å²) in [6, 6.07) is 15.4. The van der Waals surface area contributed by atoms with Crippen LogP contribution in [0, 0.1) is 0 Å². The number of ether oxygens (including phenoxy) is 1. The third-order valence-electron chi connectivity index (χ3n) is 5.06. The third kappa shape index (κ3) is 3.24. The van der Waals surface area contributed by atoms with Crippen LogP contribution in [-0.2, 0) is 4.79 Å². The van der Waals surface area contributed by atoms with Crippen LogP contribution in [0.3, 0.4) is 0 Å². The van der Waals surface area contributed by atoms with Crippen molar-refractivity contribution in [3.8, 4) is 5.75 Å². The minimum absolute atomic E-state index is 0.122. The van der Waals surface area contributed by atoms with E-state index in [1.807, 2.05) is 66.8 Å². The molecule has 0 radical (unpaired) electrons. The lowest BCUT2D eigenvalue weighted by molar-refractivity contribution is -0.110. The van der Waals surface area contributed by atoms with Crippen LogP contribution in [0.5, 0.6) is 5.75 Å². The maximum atomic E-state index is 12.5. The maximum Gasteiger partial charge on any atom is 0.256 e. The minimum Gasteiger partial charge on any atom is -0.497 e. The highest BCUT2D eigenvalue weighted by Crippen LogP contribution is 2.36. The summed E-state index contributed by atoms with van der Waals surface area (Å²) in [7, 11) is 1.61. The molecule has 0 aliphatic carbocycles. The van der Waals surface area contributed by atoms with E-state index in [9.17, 15) is 4.79 Å². The van der Waals surface area contributed by atoms with Gasteiger partial charge in [0.2, 0.25) is 0 Å². The number of hydrogen-bond donors (Lipinski definition) is 2. The van der Waals surface area contributed by atoms with Crippen LogP contribution in [0.2, 0.25) is 0 Å². The van der Waals surface area contributed by atoms with Crippen molar-refractivity contribution < 1.29 is 9.53 Å². The van der Waals surface area contributed by atoms with Crippen LogP contribution < -0.4 is 10.1 Å². The summed E-state index contributed by atoms with van der Waals surface area (Å²) < 4.78 is 5.30. The van der Waals surface area contributed by atoms with Crippen molar-refractivity contribution in [1.82, 2.24) is 15.2 Å². The third-order valence-corrected chi connectivity index (χ3v) is 5.06. The maximum absolute atomic E-state index is 12.5. The number of carbonyl (C=O) groups is 1. The van der Waals surface area contributed by atoms with Crippen LogP contribution in [0.15, 0.2) is 60.9 Å². The predicted octanol–water partition coefficient (Wildman–Crippen LogP) is 4.63. The Bertz CT molecular complexity index is 1320. The number of carbonyl (C=O) groups excluding carboxylic acids is 1. The second kappa shape index (κ2) is 7.33.